The number of hydrogen-bond donors (Lipinski definition) is 3. The van der Waals surface area contributed by atoms with Gasteiger partial charge >= 0.3 is 0 Å². The summed E-state index contributed by atoms with van der Waals surface area (Å²) in [6.45, 7) is 8.06. The molecule has 0 bridgehead atoms. The average Bonchev–Trinajstić information content (AvgIpc) is 2.40. The first-order chi connectivity index (χ1) is 9.49. The van der Waals surface area contributed by atoms with E-state index in [1.807, 2.05) is 0 Å². The number of benzene rings is 1. The third kappa shape index (κ3) is 4.58. The van der Waals surface area contributed by atoms with Crippen LogP contribution in [0.3, 0.4) is 0 Å². The van der Waals surface area contributed by atoms with Crippen LogP contribution in [0.1, 0.15) is 30.6 Å². The number of carbonyl (C=O) groups excluding carboxylic acids is 1. The van der Waals surface area contributed by atoms with Crippen LogP contribution in [0.25, 0.3) is 0 Å². The highest BCUT2D eigenvalue weighted by molar-refractivity contribution is 6.34. The second kappa shape index (κ2) is 7.97. The third-order valence-corrected chi connectivity index (χ3v) is 3.52. The molecule has 1 amide bonds. The predicted molar refractivity (Wildman–Crippen MR) is 85.3 cm³/mol. The van der Waals surface area contributed by atoms with Crippen LogP contribution in [0.15, 0.2) is 12.1 Å². The largest absolute Gasteiger partial charge is 0.399 e. The fourth-order valence-electron chi connectivity index (χ4n) is 2.06. The number of nitrogen functional groups attached to an aromatic ring is 1. The third-order valence-electron chi connectivity index (χ3n) is 3.23. The van der Waals surface area contributed by atoms with Crippen LogP contribution in [-0.2, 0) is 0 Å². The second-order valence-electron chi connectivity index (χ2n) is 4.60. The normalized spacial score (nSPS) is 10.8. The molecular weight excluding hydrogens is 276 g/mol. The zero-order chi connectivity index (χ0) is 15.1. The van der Waals surface area contributed by atoms with Crippen molar-refractivity contribution in [3.63, 3.8) is 0 Å². The number of anilines is 2. The maximum atomic E-state index is 11.4. The van der Waals surface area contributed by atoms with Gasteiger partial charge < -0.3 is 21.7 Å². The van der Waals surface area contributed by atoms with Gasteiger partial charge in [-0.2, -0.15) is 0 Å². The Bertz CT molecular complexity index is 461. The van der Waals surface area contributed by atoms with Crippen LogP contribution in [0.5, 0.6) is 0 Å². The Morgan fingerprint density at radius 1 is 1.35 bits per heavy atom. The average molecular weight is 299 g/mol. The molecule has 20 heavy (non-hydrogen) atoms. The van der Waals surface area contributed by atoms with E-state index in [0.29, 0.717) is 22.0 Å². The number of halogens is 1. The number of primary amides is 1. The number of rotatable bonds is 8. The van der Waals surface area contributed by atoms with Crippen LogP contribution in [0.2, 0.25) is 5.02 Å². The lowest BCUT2D eigenvalue weighted by Gasteiger charge is -2.18. The highest BCUT2D eigenvalue weighted by atomic mass is 35.5. The molecule has 5 nitrogen and oxygen atoms in total. The second-order valence-corrected chi connectivity index (χ2v) is 5.00. The standard InChI is InChI=1S/C14H23ClN4O/c1-3-19(4-2)7-5-6-18-13-11(14(17)20)8-10(16)9-12(13)15/h8-9,18H,3-7,16H2,1-2H3,(H2,17,20). The van der Waals surface area contributed by atoms with Crippen LogP contribution in [-0.4, -0.2) is 37.0 Å². The van der Waals surface area contributed by atoms with Crippen molar-refractivity contribution in [3.05, 3.63) is 22.7 Å². The van der Waals surface area contributed by atoms with Crippen molar-refractivity contribution in [2.75, 3.05) is 37.2 Å². The molecule has 1 rings (SSSR count). The molecule has 0 aliphatic rings. The zero-order valence-electron chi connectivity index (χ0n) is 12.1. The first-order valence-corrected chi connectivity index (χ1v) is 7.22. The van der Waals surface area contributed by atoms with Crippen molar-refractivity contribution in [2.45, 2.75) is 20.3 Å². The first-order valence-electron chi connectivity index (χ1n) is 6.84. The minimum Gasteiger partial charge on any atom is -0.399 e. The summed E-state index contributed by atoms with van der Waals surface area (Å²) in [5, 5.41) is 3.60. The van der Waals surface area contributed by atoms with Crippen LogP contribution < -0.4 is 16.8 Å². The summed E-state index contributed by atoms with van der Waals surface area (Å²) in [4.78, 5) is 13.8. The lowest BCUT2D eigenvalue weighted by molar-refractivity contribution is 0.100. The molecule has 0 fully saturated rings. The lowest BCUT2D eigenvalue weighted by Crippen LogP contribution is -2.25. The molecule has 0 unspecified atom stereocenters. The zero-order valence-corrected chi connectivity index (χ0v) is 12.8. The smallest absolute Gasteiger partial charge is 0.250 e. The van der Waals surface area contributed by atoms with Gasteiger partial charge in [-0.3, -0.25) is 4.79 Å². The molecule has 0 atom stereocenters. The molecule has 5 N–H and O–H groups in total. The van der Waals surface area contributed by atoms with Gasteiger partial charge in [0.1, 0.15) is 0 Å². The van der Waals surface area contributed by atoms with Gasteiger partial charge in [0.15, 0.2) is 0 Å². The van der Waals surface area contributed by atoms with E-state index < -0.39 is 5.91 Å². The molecule has 0 heterocycles. The van der Waals surface area contributed by atoms with Gasteiger partial charge in [0.25, 0.3) is 5.91 Å². The fourth-order valence-corrected chi connectivity index (χ4v) is 2.35. The SMILES string of the molecule is CCN(CC)CCCNc1c(Cl)cc(N)cc1C(N)=O. The van der Waals surface area contributed by atoms with Gasteiger partial charge in [-0.25, -0.2) is 0 Å². The Balaban J connectivity index is 2.66. The maximum absolute atomic E-state index is 11.4. The molecule has 0 aromatic heterocycles. The Morgan fingerprint density at radius 2 is 2.00 bits per heavy atom. The van der Waals surface area contributed by atoms with E-state index in [2.05, 4.69) is 24.1 Å². The molecule has 6 heteroatoms. The van der Waals surface area contributed by atoms with Crippen LogP contribution in [0.4, 0.5) is 11.4 Å². The molecule has 0 saturated carbocycles. The van der Waals surface area contributed by atoms with E-state index in [1.165, 1.54) is 0 Å². The number of nitrogens with zero attached hydrogens (tertiary/aromatic N) is 1. The summed E-state index contributed by atoms with van der Waals surface area (Å²) in [7, 11) is 0. The van der Waals surface area contributed by atoms with E-state index in [0.717, 1.165) is 32.6 Å². The monoisotopic (exact) mass is 298 g/mol. The van der Waals surface area contributed by atoms with E-state index >= 15 is 0 Å². The summed E-state index contributed by atoms with van der Waals surface area (Å²) in [5.74, 6) is -0.537. The highest BCUT2D eigenvalue weighted by Gasteiger charge is 2.13. The number of amides is 1. The van der Waals surface area contributed by atoms with E-state index in [1.54, 1.807) is 12.1 Å². The van der Waals surface area contributed by atoms with Gasteiger partial charge in [0.2, 0.25) is 0 Å². The number of carbonyl (C=O) groups is 1. The number of nitrogens with one attached hydrogen (secondary N) is 1. The van der Waals surface area contributed by atoms with Crippen molar-refractivity contribution in [2.24, 2.45) is 5.73 Å². The van der Waals surface area contributed by atoms with Crippen molar-refractivity contribution >= 4 is 28.9 Å². The molecular formula is C14H23ClN4O. The van der Waals surface area contributed by atoms with Crippen LogP contribution in [0, 0.1) is 0 Å². The molecule has 0 saturated heterocycles. The minimum atomic E-state index is -0.537. The molecule has 0 aliphatic carbocycles. The number of nitrogens with two attached hydrogens (primary N) is 2. The molecule has 1 aromatic carbocycles. The first kappa shape index (κ1) is 16.6. The molecule has 0 aliphatic heterocycles. The quantitative estimate of drug-likeness (QED) is 0.507. The molecule has 0 spiro atoms. The summed E-state index contributed by atoms with van der Waals surface area (Å²) < 4.78 is 0. The van der Waals surface area contributed by atoms with Crippen molar-refractivity contribution in [1.82, 2.24) is 4.90 Å². The Labute approximate surface area is 125 Å². The van der Waals surface area contributed by atoms with Crippen LogP contribution >= 0.6 is 11.6 Å². The van der Waals surface area contributed by atoms with Gasteiger partial charge in [-0.15, -0.1) is 0 Å². The maximum Gasteiger partial charge on any atom is 0.250 e. The Hall–Kier alpha value is -1.46. The molecule has 1 aromatic rings. The highest BCUT2D eigenvalue weighted by Crippen LogP contribution is 2.28. The van der Waals surface area contributed by atoms with Gasteiger partial charge in [-0.05, 0) is 38.2 Å². The summed E-state index contributed by atoms with van der Waals surface area (Å²) in [6.07, 6.45) is 0.959. The Morgan fingerprint density at radius 3 is 2.55 bits per heavy atom. The van der Waals surface area contributed by atoms with Gasteiger partial charge in [-0.1, -0.05) is 25.4 Å². The fraction of sp³-hybridized carbons (Fsp3) is 0.500. The van der Waals surface area contributed by atoms with Crippen molar-refractivity contribution in [3.8, 4) is 0 Å². The summed E-state index contributed by atoms with van der Waals surface area (Å²) in [5.41, 5.74) is 12.3. The van der Waals surface area contributed by atoms with E-state index in [-0.39, 0.29) is 0 Å². The number of hydrogen-bond acceptors (Lipinski definition) is 4. The Kier molecular flexibility index (Phi) is 6.61. The lowest BCUT2D eigenvalue weighted by atomic mass is 10.1. The predicted octanol–water partition coefficient (Wildman–Crippen LogP) is 2.16. The van der Waals surface area contributed by atoms with Crippen molar-refractivity contribution < 1.29 is 4.79 Å². The van der Waals surface area contributed by atoms with E-state index in [4.69, 9.17) is 23.1 Å². The van der Waals surface area contributed by atoms with E-state index in [9.17, 15) is 4.79 Å². The topological polar surface area (TPSA) is 84.4 Å². The van der Waals surface area contributed by atoms with Gasteiger partial charge in [0, 0.05) is 12.2 Å². The summed E-state index contributed by atoms with van der Waals surface area (Å²) in [6, 6.07) is 3.15. The molecule has 0 radical (unpaired) electrons. The molecule has 112 valence electrons. The minimum absolute atomic E-state index is 0.331. The van der Waals surface area contributed by atoms with Gasteiger partial charge in [0.05, 0.1) is 16.3 Å². The summed E-state index contributed by atoms with van der Waals surface area (Å²) >= 11 is 6.11. The van der Waals surface area contributed by atoms with Crippen molar-refractivity contribution in [1.29, 1.82) is 0 Å².